The highest BCUT2D eigenvalue weighted by Crippen LogP contribution is 2.21. The Morgan fingerprint density at radius 1 is 1.28 bits per heavy atom. The molecule has 0 amide bonds. The Kier molecular flexibility index (Phi) is 3.41. The molecule has 0 saturated heterocycles. The number of hydrogen-bond donors (Lipinski definition) is 2. The summed E-state index contributed by atoms with van der Waals surface area (Å²) in [6.45, 7) is 1.85. The maximum absolute atomic E-state index is 13.4. The van der Waals surface area contributed by atoms with E-state index in [9.17, 15) is 8.78 Å². The van der Waals surface area contributed by atoms with Crippen LogP contribution in [0.5, 0.6) is 0 Å². The summed E-state index contributed by atoms with van der Waals surface area (Å²) in [5, 5.41) is 2.87. The maximum atomic E-state index is 13.4. The average molecular weight is 249 g/mol. The van der Waals surface area contributed by atoms with Crippen LogP contribution < -0.4 is 11.1 Å². The van der Waals surface area contributed by atoms with Gasteiger partial charge in [-0.15, -0.1) is 0 Å². The van der Waals surface area contributed by atoms with E-state index in [4.69, 9.17) is 5.73 Å². The molecular formula is C13H13F2N3. The van der Waals surface area contributed by atoms with Crippen molar-refractivity contribution in [3.8, 4) is 0 Å². The number of nitrogens with two attached hydrogens (primary N) is 1. The van der Waals surface area contributed by atoms with Crippen LogP contribution in [0.3, 0.4) is 0 Å². The van der Waals surface area contributed by atoms with Gasteiger partial charge in [0.2, 0.25) is 0 Å². The molecule has 0 aliphatic heterocycles. The van der Waals surface area contributed by atoms with Gasteiger partial charge in [-0.3, -0.25) is 0 Å². The second-order valence-corrected chi connectivity index (χ2v) is 4.02. The van der Waals surface area contributed by atoms with Crippen LogP contribution in [0.1, 0.15) is 18.5 Å². The Bertz CT molecular complexity index is 558. The van der Waals surface area contributed by atoms with Gasteiger partial charge in [0.25, 0.3) is 0 Å². The van der Waals surface area contributed by atoms with Crippen LogP contribution in [0.4, 0.5) is 20.3 Å². The number of hydrogen-bond acceptors (Lipinski definition) is 3. The molecule has 2 aromatic rings. The van der Waals surface area contributed by atoms with E-state index in [0.29, 0.717) is 5.69 Å². The topological polar surface area (TPSA) is 50.9 Å². The summed E-state index contributed by atoms with van der Waals surface area (Å²) in [4.78, 5) is 3.67. The van der Waals surface area contributed by atoms with E-state index in [1.807, 2.05) is 19.1 Å². The van der Waals surface area contributed by atoms with Gasteiger partial charge in [0, 0.05) is 11.8 Å². The van der Waals surface area contributed by atoms with E-state index in [2.05, 4.69) is 10.3 Å². The SMILES string of the molecule is CC(Nc1ncc(F)cc1F)c1cccc(N)c1. The molecule has 0 aliphatic rings. The third kappa shape index (κ3) is 2.74. The van der Waals surface area contributed by atoms with Crippen LogP contribution in [-0.2, 0) is 0 Å². The molecule has 1 atom stereocenters. The van der Waals surface area contributed by atoms with E-state index in [-0.39, 0.29) is 11.9 Å². The Labute approximate surface area is 104 Å². The Balaban J connectivity index is 2.18. The first-order chi connectivity index (χ1) is 8.56. The zero-order valence-electron chi connectivity index (χ0n) is 9.82. The quantitative estimate of drug-likeness (QED) is 0.822. The zero-order valence-corrected chi connectivity index (χ0v) is 9.82. The Hall–Kier alpha value is -2.17. The molecule has 0 bridgehead atoms. The van der Waals surface area contributed by atoms with Gasteiger partial charge in [-0.2, -0.15) is 0 Å². The lowest BCUT2D eigenvalue weighted by Crippen LogP contribution is -2.10. The number of nitrogens with zero attached hydrogens (tertiary/aromatic N) is 1. The van der Waals surface area contributed by atoms with Gasteiger partial charge in [0.05, 0.1) is 12.2 Å². The fourth-order valence-corrected chi connectivity index (χ4v) is 1.64. The van der Waals surface area contributed by atoms with Crippen molar-refractivity contribution in [3.05, 3.63) is 53.7 Å². The molecule has 3 N–H and O–H groups in total. The van der Waals surface area contributed by atoms with Crippen molar-refractivity contribution in [2.24, 2.45) is 0 Å². The smallest absolute Gasteiger partial charge is 0.168 e. The summed E-state index contributed by atoms with van der Waals surface area (Å²) in [7, 11) is 0. The van der Waals surface area contributed by atoms with Crippen molar-refractivity contribution < 1.29 is 8.78 Å². The standard InChI is InChI=1S/C13H13F2N3/c1-8(9-3-2-4-11(16)5-9)18-13-12(15)6-10(14)7-17-13/h2-8H,16H2,1H3,(H,17,18). The first kappa shape index (κ1) is 12.3. The number of nitrogen functional groups attached to an aromatic ring is 1. The Morgan fingerprint density at radius 2 is 2.06 bits per heavy atom. The number of rotatable bonds is 3. The lowest BCUT2D eigenvalue weighted by atomic mass is 10.1. The molecule has 94 valence electrons. The fourth-order valence-electron chi connectivity index (χ4n) is 1.64. The van der Waals surface area contributed by atoms with Gasteiger partial charge >= 0.3 is 0 Å². The summed E-state index contributed by atoms with van der Waals surface area (Å²) in [6, 6.07) is 7.86. The van der Waals surface area contributed by atoms with E-state index < -0.39 is 11.6 Å². The van der Waals surface area contributed by atoms with Crippen molar-refractivity contribution in [1.82, 2.24) is 4.98 Å². The number of benzene rings is 1. The van der Waals surface area contributed by atoms with Crippen LogP contribution in [0.25, 0.3) is 0 Å². The normalized spacial score (nSPS) is 12.2. The third-order valence-electron chi connectivity index (χ3n) is 2.57. The number of pyridine rings is 1. The molecule has 0 radical (unpaired) electrons. The van der Waals surface area contributed by atoms with Crippen LogP contribution in [0, 0.1) is 11.6 Å². The first-order valence-electron chi connectivity index (χ1n) is 5.49. The minimum absolute atomic E-state index is 0.0197. The molecule has 1 aromatic carbocycles. The van der Waals surface area contributed by atoms with Gasteiger partial charge in [-0.1, -0.05) is 12.1 Å². The van der Waals surface area contributed by atoms with E-state index >= 15 is 0 Å². The largest absolute Gasteiger partial charge is 0.399 e. The van der Waals surface area contributed by atoms with Crippen molar-refractivity contribution in [1.29, 1.82) is 0 Å². The molecule has 0 spiro atoms. The summed E-state index contributed by atoms with van der Waals surface area (Å²) in [6.07, 6.45) is 0.970. The minimum atomic E-state index is -0.717. The lowest BCUT2D eigenvalue weighted by Gasteiger charge is -2.15. The van der Waals surface area contributed by atoms with Crippen LogP contribution in [-0.4, -0.2) is 4.98 Å². The second kappa shape index (κ2) is 5.00. The molecule has 2 rings (SSSR count). The van der Waals surface area contributed by atoms with E-state index in [0.717, 1.165) is 17.8 Å². The molecular weight excluding hydrogens is 236 g/mol. The molecule has 5 heteroatoms. The number of anilines is 2. The summed E-state index contributed by atoms with van der Waals surface area (Å²) in [5.41, 5.74) is 7.21. The first-order valence-corrected chi connectivity index (χ1v) is 5.49. The highest BCUT2D eigenvalue weighted by Gasteiger charge is 2.10. The van der Waals surface area contributed by atoms with Crippen molar-refractivity contribution >= 4 is 11.5 Å². The van der Waals surface area contributed by atoms with Crippen LogP contribution >= 0.6 is 0 Å². The number of aromatic nitrogens is 1. The molecule has 3 nitrogen and oxygen atoms in total. The predicted molar refractivity (Wildman–Crippen MR) is 67.0 cm³/mol. The second-order valence-electron chi connectivity index (χ2n) is 4.02. The number of halogens is 2. The monoisotopic (exact) mass is 249 g/mol. The van der Waals surface area contributed by atoms with E-state index in [1.54, 1.807) is 12.1 Å². The fraction of sp³-hybridized carbons (Fsp3) is 0.154. The average Bonchev–Trinajstić information content (AvgIpc) is 2.32. The third-order valence-corrected chi connectivity index (χ3v) is 2.57. The minimum Gasteiger partial charge on any atom is -0.399 e. The van der Waals surface area contributed by atoms with Crippen molar-refractivity contribution in [3.63, 3.8) is 0 Å². The molecule has 18 heavy (non-hydrogen) atoms. The van der Waals surface area contributed by atoms with Gasteiger partial charge in [0.1, 0.15) is 5.82 Å². The van der Waals surface area contributed by atoms with Crippen LogP contribution in [0.2, 0.25) is 0 Å². The molecule has 0 aliphatic carbocycles. The van der Waals surface area contributed by atoms with Gasteiger partial charge < -0.3 is 11.1 Å². The number of nitrogens with one attached hydrogen (secondary N) is 1. The highest BCUT2D eigenvalue weighted by atomic mass is 19.1. The Morgan fingerprint density at radius 3 is 2.72 bits per heavy atom. The van der Waals surface area contributed by atoms with Gasteiger partial charge in [0.15, 0.2) is 11.6 Å². The molecule has 0 fully saturated rings. The zero-order chi connectivity index (χ0) is 13.1. The van der Waals surface area contributed by atoms with Gasteiger partial charge in [-0.25, -0.2) is 13.8 Å². The van der Waals surface area contributed by atoms with Crippen LogP contribution in [0.15, 0.2) is 36.5 Å². The molecule has 0 saturated carbocycles. The lowest BCUT2D eigenvalue weighted by molar-refractivity contribution is 0.574. The predicted octanol–water partition coefficient (Wildman–Crippen LogP) is 3.12. The van der Waals surface area contributed by atoms with Crippen molar-refractivity contribution in [2.75, 3.05) is 11.1 Å². The summed E-state index contributed by atoms with van der Waals surface area (Å²) in [5.74, 6) is -1.40. The van der Waals surface area contributed by atoms with Gasteiger partial charge in [-0.05, 0) is 24.6 Å². The highest BCUT2D eigenvalue weighted by molar-refractivity contribution is 5.45. The molecule has 1 unspecified atom stereocenters. The molecule has 1 aromatic heterocycles. The van der Waals surface area contributed by atoms with E-state index in [1.165, 1.54) is 0 Å². The van der Waals surface area contributed by atoms with Crippen molar-refractivity contribution in [2.45, 2.75) is 13.0 Å². The molecule has 1 heterocycles. The summed E-state index contributed by atoms with van der Waals surface area (Å²) >= 11 is 0. The summed E-state index contributed by atoms with van der Waals surface area (Å²) < 4.78 is 26.1. The maximum Gasteiger partial charge on any atom is 0.168 e.